The van der Waals surface area contributed by atoms with Gasteiger partial charge in [-0.1, -0.05) is 45.9 Å². The van der Waals surface area contributed by atoms with E-state index < -0.39 is 87.2 Å². The first-order valence-electron chi connectivity index (χ1n) is 15.4. The number of allylic oxidation sites excluding steroid dienone is 4. The van der Waals surface area contributed by atoms with Crippen LogP contribution in [0.25, 0.3) is 0 Å². The number of ether oxygens (including phenoxy) is 2. The second-order valence-electron chi connectivity index (χ2n) is 13.0. The average Bonchev–Trinajstić information content (AvgIpc) is 3.34. The third-order valence-corrected chi connectivity index (χ3v) is 9.71. The maximum absolute atomic E-state index is 13.1. The number of rotatable bonds is 10. The van der Waals surface area contributed by atoms with E-state index in [2.05, 4.69) is 12.2 Å². The normalized spacial score (nSPS) is 27.9. The molecule has 1 aliphatic carbocycles. The fourth-order valence-electron chi connectivity index (χ4n) is 6.65. The molecule has 4 rings (SSSR count). The lowest BCUT2D eigenvalue weighted by molar-refractivity contribution is -0.309. The maximum atomic E-state index is 13.1. The molecule has 2 aliphatic heterocycles. The van der Waals surface area contributed by atoms with Gasteiger partial charge in [0.05, 0.1) is 41.2 Å². The predicted molar refractivity (Wildman–Crippen MR) is 165 cm³/mol. The number of hydrogen-bond acceptors (Lipinski definition) is 10. The zero-order chi connectivity index (χ0) is 34.4. The molecular formula is C34H43NO11. The third kappa shape index (κ3) is 6.39. The van der Waals surface area contributed by atoms with Crippen LogP contribution in [0, 0.1) is 30.6 Å². The summed E-state index contributed by atoms with van der Waals surface area (Å²) in [6, 6.07) is 0. The first kappa shape index (κ1) is 35.0. The molecule has 2 saturated heterocycles. The van der Waals surface area contributed by atoms with E-state index in [0.29, 0.717) is 0 Å². The Bertz CT molecular complexity index is 1540. The number of Topliss-reactive ketones (excluding diaryl/α,β-unsaturated/α-hetero) is 1. The Labute approximate surface area is 267 Å². The van der Waals surface area contributed by atoms with Crippen molar-refractivity contribution in [1.29, 1.82) is 0 Å². The van der Waals surface area contributed by atoms with Gasteiger partial charge in [-0.15, -0.1) is 0 Å². The van der Waals surface area contributed by atoms with Crippen molar-refractivity contribution in [2.24, 2.45) is 23.7 Å². The first-order chi connectivity index (χ1) is 21.4. The number of aromatic hydroxyl groups is 2. The molecule has 250 valence electrons. The molecule has 1 aromatic carbocycles. The summed E-state index contributed by atoms with van der Waals surface area (Å²) in [7, 11) is 0. The molecule has 2 bridgehead atoms. The van der Waals surface area contributed by atoms with Crippen molar-refractivity contribution < 1.29 is 54.2 Å². The van der Waals surface area contributed by atoms with Crippen LogP contribution in [-0.4, -0.2) is 79.2 Å². The Morgan fingerprint density at radius 2 is 1.72 bits per heavy atom. The van der Waals surface area contributed by atoms with Gasteiger partial charge >= 0.3 is 5.97 Å². The highest BCUT2D eigenvalue weighted by Gasteiger charge is 2.51. The molecule has 6 N–H and O–H groups in total. The van der Waals surface area contributed by atoms with Gasteiger partial charge in [0.1, 0.15) is 17.1 Å². The fraction of sp³-hybridized carbons (Fsp3) is 0.529. The maximum Gasteiger partial charge on any atom is 0.340 e. The molecule has 0 spiro atoms. The van der Waals surface area contributed by atoms with Gasteiger partial charge in [-0.2, -0.15) is 0 Å². The number of ketones is 2. The SMILES string of the molecule is C/C(=C/C=C/[C@H](C)[C@H](O)[C@@H](C)[C@@H](O)[C@@H](C)[C@@H]1O[C@@]2(C)CC[C@H](O2)[C@H]1C)C(=O)NC1=CC(=O)c2c(C(=O)O)c(O)c(C)c(O)c2C1=O. The summed E-state index contributed by atoms with van der Waals surface area (Å²) >= 11 is 0. The summed E-state index contributed by atoms with van der Waals surface area (Å²) in [5.74, 6) is -7.70. The third-order valence-electron chi connectivity index (χ3n) is 9.71. The summed E-state index contributed by atoms with van der Waals surface area (Å²) in [6.45, 7) is 12.1. The Morgan fingerprint density at radius 3 is 2.35 bits per heavy atom. The monoisotopic (exact) mass is 641 g/mol. The molecule has 0 radical (unpaired) electrons. The predicted octanol–water partition coefficient (Wildman–Crippen LogP) is 3.55. The van der Waals surface area contributed by atoms with E-state index >= 15 is 0 Å². The second-order valence-corrected chi connectivity index (χ2v) is 13.0. The minimum atomic E-state index is -1.66. The molecule has 46 heavy (non-hydrogen) atoms. The van der Waals surface area contributed by atoms with Crippen molar-refractivity contribution >= 4 is 23.4 Å². The summed E-state index contributed by atoms with van der Waals surface area (Å²) in [6.07, 6.45) is 5.22. The standard InChI is InChI=1S/C34H43NO11/c1-14(26(37)17(4)27(38)19(6)31-16(3)22-11-12-34(7,45-22)46-31)9-8-10-15(2)32(42)35-20-13-21(36)23-24(30(20)41)28(39)18(5)29(40)25(23)33(43)44/h8-10,13-14,16-17,19,22,26-27,31,37-40H,11-12H2,1-7H3,(H,35,42)(H,43,44)/b9-8+,15-10-/t14-,16+,17+,19+,22-,26-,27+,31+,34-/m0/s1. The number of phenolic OH excluding ortho intramolecular Hbond substituents is 1. The van der Waals surface area contributed by atoms with E-state index in [1.54, 1.807) is 26.0 Å². The smallest absolute Gasteiger partial charge is 0.340 e. The van der Waals surface area contributed by atoms with Gasteiger partial charge < -0.3 is 40.3 Å². The molecule has 9 atom stereocenters. The van der Waals surface area contributed by atoms with E-state index in [4.69, 9.17) is 9.47 Å². The highest BCUT2D eigenvalue weighted by molar-refractivity contribution is 6.29. The number of nitrogens with one attached hydrogen (secondary N) is 1. The number of phenols is 2. The van der Waals surface area contributed by atoms with Gasteiger partial charge in [-0.25, -0.2) is 4.79 Å². The fourth-order valence-corrected chi connectivity index (χ4v) is 6.65. The van der Waals surface area contributed by atoms with E-state index in [1.807, 2.05) is 13.8 Å². The molecule has 0 unspecified atom stereocenters. The van der Waals surface area contributed by atoms with E-state index in [1.165, 1.54) is 19.9 Å². The number of carboxylic acids is 1. The van der Waals surface area contributed by atoms with Gasteiger partial charge in [0, 0.05) is 47.3 Å². The number of carbonyl (C=O) groups excluding carboxylic acids is 3. The summed E-state index contributed by atoms with van der Waals surface area (Å²) in [5, 5.41) is 54.7. The molecule has 1 amide bonds. The molecule has 1 aromatic rings. The van der Waals surface area contributed by atoms with Crippen LogP contribution in [0.5, 0.6) is 11.5 Å². The molecule has 12 heteroatoms. The largest absolute Gasteiger partial charge is 0.507 e. The number of amides is 1. The first-order valence-corrected chi connectivity index (χ1v) is 15.4. The number of aromatic carboxylic acids is 1. The van der Waals surface area contributed by atoms with Crippen LogP contribution >= 0.6 is 0 Å². The van der Waals surface area contributed by atoms with Crippen LogP contribution in [0.2, 0.25) is 0 Å². The molecule has 12 nitrogen and oxygen atoms in total. The highest BCUT2D eigenvalue weighted by Crippen LogP contribution is 2.45. The number of fused-ring (bicyclic) bond motifs is 3. The molecule has 2 heterocycles. The number of aliphatic hydroxyl groups excluding tert-OH is 2. The zero-order valence-corrected chi connectivity index (χ0v) is 27.0. The van der Waals surface area contributed by atoms with Gasteiger partial charge in [0.25, 0.3) is 5.91 Å². The summed E-state index contributed by atoms with van der Waals surface area (Å²) in [5.41, 5.74) is -2.73. The molecule has 0 saturated carbocycles. The Balaban J connectivity index is 1.40. The highest BCUT2D eigenvalue weighted by atomic mass is 16.7. The lowest BCUT2D eigenvalue weighted by Crippen LogP contribution is -2.52. The van der Waals surface area contributed by atoms with Gasteiger partial charge in [0.15, 0.2) is 11.6 Å². The van der Waals surface area contributed by atoms with Crippen molar-refractivity contribution in [1.82, 2.24) is 5.32 Å². The Kier molecular flexibility index (Phi) is 9.98. The molecular weight excluding hydrogens is 598 g/mol. The lowest BCUT2D eigenvalue weighted by atomic mass is 9.78. The number of carbonyl (C=O) groups is 4. The molecule has 3 aliphatic rings. The number of benzene rings is 1. The quantitative estimate of drug-likeness (QED) is 0.161. The van der Waals surface area contributed by atoms with Crippen molar-refractivity contribution in [3.63, 3.8) is 0 Å². The summed E-state index contributed by atoms with van der Waals surface area (Å²) in [4.78, 5) is 50.5. The van der Waals surface area contributed by atoms with Crippen molar-refractivity contribution in [2.75, 3.05) is 0 Å². The van der Waals surface area contributed by atoms with Crippen LogP contribution in [-0.2, 0) is 14.3 Å². The second kappa shape index (κ2) is 13.1. The average molecular weight is 642 g/mol. The van der Waals surface area contributed by atoms with Gasteiger partial charge in [0.2, 0.25) is 5.78 Å². The number of aliphatic hydroxyl groups is 2. The van der Waals surface area contributed by atoms with Crippen molar-refractivity contribution in [2.45, 2.75) is 91.5 Å². The van der Waals surface area contributed by atoms with Crippen LogP contribution in [0.4, 0.5) is 0 Å². The van der Waals surface area contributed by atoms with Gasteiger partial charge in [-0.05, 0) is 27.2 Å². The lowest BCUT2D eigenvalue weighted by Gasteiger charge is -2.45. The van der Waals surface area contributed by atoms with Gasteiger partial charge in [-0.3, -0.25) is 14.4 Å². The number of carboxylic acid groups (broad SMARTS) is 1. The van der Waals surface area contributed by atoms with Crippen LogP contribution < -0.4 is 5.32 Å². The minimum Gasteiger partial charge on any atom is -0.507 e. The number of hydrogen-bond donors (Lipinski definition) is 6. The van der Waals surface area contributed by atoms with Crippen molar-refractivity contribution in [3.8, 4) is 11.5 Å². The van der Waals surface area contributed by atoms with E-state index in [9.17, 15) is 44.7 Å². The van der Waals surface area contributed by atoms with E-state index in [0.717, 1.165) is 18.9 Å². The minimum absolute atomic E-state index is 0.0761. The van der Waals surface area contributed by atoms with E-state index in [-0.39, 0.29) is 35.2 Å². The molecule has 0 aromatic heterocycles. The Hall–Kier alpha value is -3.84. The van der Waals surface area contributed by atoms with Crippen LogP contribution in [0.15, 0.2) is 35.6 Å². The summed E-state index contributed by atoms with van der Waals surface area (Å²) < 4.78 is 12.3. The van der Waals surface area contributed by atoms with Crippen molar-refractivity contribution in [3.05, 3.63) is 57.8 Å². The Morgan fingerprint density at radius 1 is 1.07 bits per heavy atom. The van der Waals surface area contributed by atoms with Crippen LogP contribution in [0.3, 0.4) is 0 Å². The topological polar surface area (TPSA) is 200 Å². The van der Waals surface area contributed by atoms with Crippen LogP contribution in [0.1, 0.15) is 91.0 Å². The zero-order valence-electron chi connectivity index (χ0n) is 27.0. The molecule has 2 fully saturated rings.